The van der Waals surface area contributed by atoms with Crippen molar-refractivity contribution in [2.75, 3.05) is 0 Å². The summed E-state index contributed by atoms with van der Waals surface area (Å²) in [7, 11) is 0. The fourth-order valence-corrected chi connectivity index (χ4v) is 9.96. The monoisotopic (exact) mass is 772 g/mol. The van der Waals surface area contributed by atoms with Crippen LogP contribution < -0.4 is 0 Å². The molecule has 0 saturated heterocycles. The lowest BCUT2D eigenvalue weighted by Crippen LogP contribution is -2.45. The van der Waals surface area contributed by atoms with Gasteiger partial charge >= 0.3 is 5.97 Å². The zero-order valence-electron chi connectivity index (χ0n) is 34.5. The first-order valence-electron chi connectivity index (χ1n) is 22.8. The lowest BCUT2D eigenvalue weighted by molar-refractivity contribution is -0.147. The summed E-state index contributed by atoms with van der Waals surface area (Å²) in [6, 6.07) is 7.92. The third-order valence-corrected chi connectivity index (χ3v) is 13.3. The van der Waals surface area contributed by atoms with Gasteiger partial charge in [-0.2, -0.15) is 0 Å². The van der Waals surface area contributed by atoms with Gasteiger partial charge < -0.3 is 5.11 Å². The second-order valence-corrected chi connectivity index (χ2v) is 17.7. The summed E-state index contributed by atoms with van der Waals surface area (Å²) in [6.45, 7) is 4.56. The second kappa shape index (κ2) is 31.8. The van der Waals surface area contributed by atoms with E-state index in [1.165, 1.54) is 178 Å². The molecule has 4 nitrogen and oxygen atoms in total. The van der Waals surface area contributed by atoms with Crippen LogP contribution in [0.4, 0.5) is 0 Å². The zero-order valence-corrected chi connectivity index (χ0v) is 36.2. The number of aliphatic carboxylic acids is 1. The zero-order chi connectivity index (χ0) is 38.2. The van der Waals surface area contributed by atoms with E-state index >= 15 is 0 Å². The molecule has 0 aliphatic carbocycles. The Morgan fingerprint density at radius 2 is 0.943 bits per heavy atom. The highest BCUT2D eigenvalue weighted by Gasteiger charge is 2.50. The van der Waals surface area contributed by atoms with E-state index in [1.807, 2.05) is 24.3 Å². The number of hydrogen-bond donors (Lipinski definition) is 2. The first kappa shape index (κ1) is 47.8. The number of para-hydroxylation sites is 1. The van der Waals surface area contributed by atoms with Gasteiger partial charge in [-0.15, -0.1) is 24.0 Å². The van der Waals surface area contributed by atoms with E-state index < -0.39 is 17.3 Å². The third-order valence-electron chi connectivity index (χ3n) is 11.7. The van der Waals surface area contributed by atoms with Gasteiger partial charge in [0.25, 0.3) is 0 Å². The van der Waals surface area contributed by atoms with Crippen LogP contribution in [0.2, 0.25) is 0 Å². The SMILES string of the molecule is CCCCCCCCCCCCCCCCCCC(C(=O)O)C(CCCCCCCCCCCCCCCCCC)(C(=O)S)c1nc2ccccc2s1. The van der Waals surface area contributed by atoms with Crippen molar-refractivity contribution < 1.29 is 14.7 Å². The van der Waals surface area contributed by atoms with Crippen molar-refractivity contribution in [2.24, 2.45) is 5.92 Å². The van der Waals surface area contributed by atoms with Crippen LogP contribution in [0.15, 0.2) is 24.3 Å². The van der Waals surface area contributed by atoms with Crippen LogP contribution in [0.5, 0.6) is 0 Å². The molecule has 304 valence electrons. The number of fused-ring (bicyclic) bond motifs is 1. The highest BCUT2D eigenvalue weighted by molar-refractivity contribution is 7.96. The van der Waals surface area contributed by atoms with Crippen molar-refractivity contribution >= 4 is 45.3 Å². The topological polar surface area (TPSA) is 67.3 Å². The van der Waals surface area contributed by atoms with Gasteiger partial charge in [-0.05, 0) is 25.0 Å². The van der Waals surface area contributed by atoms with Gasteiger partial charge in [-0.3, -0.25) is 9.59 Å². The number of benzene rings is 1. The molecule has 1 N–H and O–H groups in total. The second-order valence-electron chi connectivity index (χ2n) is 16.3. The summed E-state index contributed by atoms with van der Waals surface area (Å²) in [5, 5.41) is 11.0. The van der Waals surface area contributed by atoms with Crippen LogP contribution in [-0.4, -0.2) is 21.2 Å². The van der Waals surface area contributed by atoms with E-state index in [2.05, 4.69) is 26.5 Å². The molecular formula is C47H81NO3S2. The number of thiol groups is 1. The molecule has 2 aromatic rings. The molecule has 0 fully saturated rings. The summed E-state index contributed by atoms with van der Waals surface area (Å²) in [5.41, 5.74) is -0.352. The van der Waals surface area contributed by atoms with Crippen LogP contribution in [0.3, 0.4) is 0 Å². The van der Waals surface area contributed by atoms with Gasteiger partial charge in [0, 0.05) is 0 Å². The van der Waals surface area contributed by atoms with Gasteiger partial charge in [0.2, 0.25) is 0 Å². The molecule has 0 aliphatic heterocycles. The number of thiazole rings is 1. The average molecular weight is 772 g/mol. The number of hydrogen-bond acceptors (Lipinski definition) is 4. The Labute approximate surface area is 336 Å². The Morgan fingerprint density at radius 3 is 1.30 bits per heavy atom. The smallest absolute Gasteiger partial charge is 0.307 e. The number of unbranched alkanes of at least 4 members (excludes halogenated alkanes) is 30. The summed E-state index contributed by atoms with van der Waals surface area (Å²) >= 11 is 5.94. The fraction of sp³-hybridized carbons (Fsp3) is 0.809. The summed E-state index contributed by atoms with van der Waals surface area (Å²) in [5.74, 6) is -1.69. The molecule has 0 spiro atoms. The van der Waals surface area contributed by atoms with E-state index in [4.69, 9.17) is 4.98 Å². The number of carboxylic acid groups (broad SMARTS) is 1. The molecule has 1 aromatic heterocycles. The number of carbonyl (C=O) groups is 2. The molecular weight excluding hydrogens is 691 g/mol. The fourth-order valence-electron chi connectivity index (χ4n) is 8.27. The Bertz CT molecular complexity index is 1150. The molecule has 0 bridgehead atoms. The van der Waals surface area contributed by atoms with Gasteiger partial charge in [-0.1, -0.05) is 231 Å². The van der Waals surface area contributed by atoms with Crippen LogP contribution in [0.1, 0.15) is 237 Å². The van der Waals surface area contributed by atoms with E-state index in [1.54, 1.807) is 0 Å². The minimum atomic E-state index is -1.19. The minimum Gasteiger partial charge on any atom is -0.481 e. The molecule has 0 radical (unpaired) electrons. The number of rotatable bonds is 38. The van der Waals surface area contributed by atoms with Crippen molar-refractivity contribution in [3.8, 4) is 0 Å². The lowest BCUT2D eigenvalue weighted by Gasteiger charge is -2.34. The van der Waals surface area contributed by atoms with Gasteiger partial charge in [-0.25, -0.2) is 4.98 Å². The number of aromatic nitrogens is 1. The molecule has 1 heterocycles. The molecule has 1 aromatic carbocycles. The molecule has 0 amide bonds. The Balaban J connectivity index is 1.77. The van der Waals surface area contributed by atoms with Gasteiger partial charge in [0.15, 0.2) is 5.12 Å². The molecule has 2 atom stereocenters. The minimum absolute atomic E-state index is 0.332. The standard InChI is InChI=1S/C47H81NO3S2/c1-3-5-7-9-11-13-15-17-19-21-23-25-27-29-31-33-37-41(44(49)50)47(46(51)52,45-48-42-38-34-35-39-43(42)53-45)40-36-32-30-28-26-24-22-20-18-16-14-12-10-8-6-4-2/h34-35,38-39,41H,3-33,36-37,40H2,1-2H3,(H,49,50)(H,51,52). The summed E-state index contributed by atoms with van der Waals surface area (Å²) in [6.07, 6.45) is 42.1. The number of nitrogens with zero attached hydrogens (tertiary/aromatic N) is 1. The maximum absolute atomic E-state index is 13.6. The Hall–Kier alpha value is -1.40. The largest absolute Gasteiger partial charge is 0.481 e. The van der Waals surface area contributed by atoms with Gasteiger partial charge in [0.05, 0.1) is 16.1 Å². The van der Waals surface area contributed by atoms with Crippen molar-refractivity contribution in [2.45, 2.75) is 238 Å². The van der Waals surface area contributed by atoms with Crippen molar-refractivity contribution in [3.63, 3.8) is 0 Å². The van der Waals surface area contributed by atoms with Gasteiger partial charge in [0.1, 0.15) is 10.4 Å². The Kier molecular flexibility index (Phi) is 28.6. The van der Waals surface area contributed by atoms with Crippen LogP contribution in [0, 0.1) is 5.92 Å². The normalized spacial score (nSPS) is 13.4. The first-order chi connectivity index (χ1) is 26.0. The quantitative estimate of drug-likeness (QED) is 0.0527. The maximum Gasteiger partial charge on any atom is 0.307 e. The average Bonchev–Trinajstić information content (AvgIpc) is 3.59. The maximum atomic E-state index is 13.6. The van der Waals surface area contributed by atoms with E-state index in [0.717, 1.165) is 48.7 Å². The van der Waals surface area contributed by atoms with Crippen molar-refractivity contribution in [1.29, 1.82) is 0 Å². The van der Waals surface area contributed by atoms with Crippen LogP contribution in [-0.2, 0) is 15.0 Å². The predicted molar refractivity (Wildman–Crippen MR) is 235 cm³/mol. The van der Waals surface area contributed by atoms with Crippen molar-refractivity contribution in [3.05, 3.63) is 29.3 Å². The lowest BCUT2D eigenvalue weighted by atomic mass is 9.70. The van der Waals surface area contributed by atoms with E-state index in [0.29, 0.717) is 17.8 Å². The van der Waals surface area contributed by atoms with E-state index in [9.17, 15) is 14.7 Å². The van der Waals surface area contributed by atoms with E-state index in [-0.39, 0.29) is 5.12 Å². The van der Waals surface area contributed by atoms with Crippen molar-refractivity contribution in [1.82, 2.24) is 4.98 Å². The molecule has 2 rings (SSSR count). The molecule has 0 saturated carbocycles. The highest BCUT2D eigenvalue weighted by Crippen LogP contribution is 2.45. The molecule has 6 heteroatoms. The van der Waals surface area contributed by atoms with Crippen LogP contribution in [0.25, 0.3) is 10.2 Å². The van der Waals surface area contributed by atoms with Crippen LogP contribution >= 0.6 is 24.0 Å². The summed E-state index contributed by atoms with van der Waals surface area (Å²) in [4.78, 5) is 31.5. The first-order valence-corrected chi connectivity index (χ1v) is 24.1. The highest BCUT2D eigenvalue weighted by atomic mass is 32.1. The number of carbonyl (C=O) groups excluding carboxylic acids is 1. The Morgan fingerprint density at radius 1 is 0.585 bits per heavy atom. The molecule has 0 aliphatic rings. The molecule has 2 unspecified atom stereocenters. The summed E-state index contributed by atoms with van der Waals surface area (Å²) < 4.78 is 1.000. The molecule has 53 heavy (non-hydrogen) atoms. The predicted octanol–water partition coefficient (Wildman–Crippen LogP) is 16.0. The third kappa shape index (κ3) is 20.4. The number of carboxylic acids is 1.